The second-order valence-electron chi connectivity index (χ2n) is 3.59. The third-order valence-corrected chi connectivity index (χ3v) is 2.37. The third-order valence-electron chi connectivity index (χ3n) is 2.37. The summed E-state index contributed by atoms with van der Waals surface area (Å²) in [7, 11) is 0. The van der Waals surface area contributed by atoms with Crippen LogP contribution in [-0.2, 0) is 11.2 Å². The maximum atomic E-state index is 11.1. The number of hydrogen-bond acceptors (Lipinski definition) is 2. The highest BCUT2D eigenvalue weighted by Gasteiger charge is 2.17. The maximum absolute atomic E-state index is 11.1. The van der Waals surface area contributed by atoms with Crippen LogP contribution in [0.1, 0.15) is 5.56 Å². The Balaban J connectivity index is 0.00000112. The van der Waals surface area contributed by atoms with Gasteiger partial charge in [-0.05, 0) is 12.0 Å². The molecule has 0 bridgehead atoms. The largest absolute Gasteiger partial charge is 0.351 e. The summed E-state index contributed by atoms with van der Waals surface area (Å²) < 4.78 is 0. The van der Waals surface area contributed by atoms with Crippen molar-refractivity contribution in [1.29, 1.82) is 0 Å². The minimum Gasteiger partial charge on any atom is -0.351 e. The van der Waals surface area contributed by atoms with E-state index in [1.54, 1.807) is 0 Å². The summed E-state index contributed by atoms with van der Waals surface area (Å²) in [5, 5.41) is 6.06. The van der Waals surface area contributed by atoms with Crippen molar-refractivity contribution in [2.45, 2.75) is 12.5 Å². The quantitative estimate of drug-likeness (QED) is 0.781. The van der Waals surface area contributed by atoms with Gasteiger partial charge >= 0.3 is 0 Å². The van der Waals surface area contributed by atoms with E-state index < -0.39 is 0 Å². The Bertz CT molecular complexity index is 316. The molecule has 0 radical (unpaired) electrons. The topological polar surface area (TPSA) is 41.1 Å². The van der Waals surface area contributed by atoms with E-state index in [1.165, 1.54) is 5.56 Å². The van der Waals surface area contributed by atoms with Crippen molar-refractivity contribution >= 4 is 18.3 Å². The van der Waals surface area contributed by atoms with Gasteiger partial charge in [0.25, 0.3) is 0 Å². The van der Waals surface area contributed by atoms with Crippen molar-refractivity contribution in [3.05, 3.63) is 35.9 Å². The number of benzene rings is 1. The van der Waals surface area contributed by atoms with Crippen molar-refractivity contribution < 1.29 is 4.79 Å². The molecule has 0 aromatic heterocycles. The molecule has 1 heterocycles. The van der Waals surface area contributed by atoms with E-state index in [-0.39, 0.29) is 24.4 Å². The molecule has 15 heavy (non-hydrogen) atoms. The van der Waals surface area contributed by atoms with Crippen LogP contribution >= 0.6 is 12.4 Å². The standard InChI is InChI=1S/C11H14N2O.ClH/c14-11-8-12-7-10(13-11)6-9-4-2-1-3-5-9;/h1-5,10,12H,6-8H2,(H,13,14);1H/t10-;/m1./s1. The predicted molar refractivity (Wildman–Crippen MR) is 62.2 cm³/mol. The zero-order valence-electron chi connectivity index (χ0n) is 8.40. The van der Waals surface area contributed by atoms with Crippen LogP contribution in [0.15, 0.2) is 30.3 Å². The van der Waals surface area contributed by atoms with Gasteiger partial charge in [0.1, 0.15) is 0 Å². The van der Waals surface area contributed by atoms with E-state index in [1.807, 2.05) is 18.2 Å². The van der Waals surface area contributed by atoms with Crippen molar-refractivity contribution in [1.82, 2.24) is 10.6 Å². The molecule has 3 nitrogen and oxygen atoms in total. The molecule has 1 saturated heterocycles. The van der Waals surface area contributed by atoms with Gasteiger partial charge in [-0.15, -0.1) is 12.4 Å². The summed E-state index contributed by atoms with van der Waals surface area (Å²) in [6.45, 7) is 1.31. The van der Waals surface area contributed by atoms with Crippen LogP contribution in [0.25, 0.3) is 0 Å². The smallest absolute Gasteiger partial charge is 0.234 e. The van der Waals surface area contributed by atoms with Gasteiger partial charge in [-0.2, -0.15) is 0 Å². The molecule has 0 saturated carbocycles. The molecule has 4 heteroatoms. The molecule has 1 atom stereocenters. The molecule has 1 amide bonds. The highest BCUT2D eigenvalue weighted by Crippen LogP contribution is 2.03. The fraction of sp³-hybridized carbons (Fsp3) is 0.364. The van der Waals surface area contributed by atoms with Gasteiger partial charge < -0.3 is 10.6 Å². The molecule has 1 aliphatic rings. The highest BCUT2D eigenvalue weighted by molar-refractivity contribution is 5.85. The van der Waals surface area contributed by atoms with E-state index >= 15 is 0 Å². The second kappa shape index (κ2) is 5.73. The van der Waals surface area contributed by atoms with Gasteiger partial charge in [-0.3, -0.25) is 4.79 Å². The Morgan fingerprint density at radius 3 is 2.67 bits per heavy atom. The number of nitrogens with one attached hydrogen (secondary N) is 2. The number of piperazine rings is 1. The van der Waals surface area contributed by atoms with Crippen molar-refractivity contribution in [2.75, 3.05) is 13.1 Å². The third kappa shape index (κ3) is 3.53. The zero-order valence-corrected chi connectivity index (χ0v) is 9.22. The number of halogens is 1. The molecular weight excluding hydrogens is 212 g/mol. The lowest BCUT2D eigenvalue weighted by molar-refractivity contribution is -0.122. The molecule has 1 aliphatic heterocycles. The molecule has 0 unspecified atom stereocenters. The first-order chi connectivity index (χ1) is 6.84. The van der Waals surface area contributed by atoms with Crippen LogP contribution in [0, 0.1) is 0 Å². The van der Waals surface area contributed by atoms with Gasteiger partial charge in [0, 0.05) is 12.6 Å². The van der Waals surface area contributed by atoms with E-state index in [4.69, 9.17) is 0 Å². The lowest BCUT2D eigenvalue weighted by atomic mass is 10.0. The van der Waals surface area contributed by atoms with Crippen molar-refractivity contribution in [2.24, 2.45) is 0 Å². The van der Waals surface area contributed by atoms with Crippen LogP contribution in [-0.4, -0.2) is 25.0 Å². The number of rotatable bonds is 2. The SMILES string of the molecule is Cl.O=C1CNC[C@@H](Cc2ccccc2)N1. The lowest BCUT2D eigenvalue weighted by Gasteiger charge is -2.24. The Kier molecular flexibility index (Phi) is 4.59. The number of carbonyl (C=O) groups is 1. The first kappa shape index (κ1) is 12.0. The van der Waals surface area contributed by atoms with E-state index in [9.17, 15) is 4.79 Å². The summed E-state index contributed by atoms with van der Waals surface area (Å²) in [6.07, 6.45) is 0.902. The first-order valence-electron chi connectivity index (χ1n) is 4.88. The average Bonchev–Trinajstić information content (AvgIpc) is 2.19. The maximum Gasteiger partial charge on any atom is 0.234 e. The van der Waals surface area contributed by atoms with Crippen LogP contribution in [0.3, 0.4) is 0 Å². The Morgan fingerprint density at radius 1 is 1.27 bits per heavy atom. The van der Waals surface area contributed by atoms with Gasteiger partial charge in [0.2, 0.25) is 5.91 Å². The highest BCUT2D eigenvalue weighted by atomic mass is 35.5. The van der Waals surface area contributed by atoms with Crippen LogP contribution < -0.4 is 10.6 Å². The molecule has 2 rings (SSSR count). The number of carbonyl (C=O) groups excluding carboxylic acids is 1. The van der Waals surface area contributed by atoms with Crippen molar-refractivity contribution in [3.63, 3.8) is 0 Å². The zero-order chi connectivity index (χ0) is 9.80. The molecular formula is C11H15ClN2O. The molecule has 2 N–H and O–H groups in total. The predicted octanol–water partition coefficient (Wildman–Crippen LogP) is 0.739. The van der Waals surface area contributed by atoms with Gasteiger partial charge in [-0.25, -0.2) is 0 Å². The van der Waals surface area contributed by atoms with Gasteiger partial charge in [0.05, 0.1) is 6.54 Å². The summed E-state index contributed by atoms with van der Waals surface area (Å²) in [4.78, 5) is 11.1. The molecule has 0 spiro atoms. The molecule has 82 valence electrons. The van der Waals surface area contributed by atoms with Gasteiger partial charge in [-0.1, -0.05) is 30.3 Å². The normalized spacial score (nSPS) is 20.3. The summed E-state index contributed by atoms with van der Waals surface area (Å²) in [6, 6.07) is 10.4. The summed E-state index contributed by atoms with van der Waals surface area (Å²) in [5.41, 5.74) is 1.27. The molecule has 1 fully saturated rings. The van der Waals surface area contributed by atoms with Crippen molar-refractivity contribution in [3.8, 4) is 0 Å². The number of hydrogen-bond donors (Lipinski definition) is 2. The van der Waals surface area contributed by atoms with Crippen LogP contribution in [0.4, 0.5) is 0 Å². The fourth-order valence-electron chi connectivity index (χ4n) is 1.71. The molecule has 1 aromatic carbocycles. The molecule has 1 aromatic rings. The average molecular weight is 227 g/mol. The Labute approximate surface area is 95.7 Å². The van der Waals surface area contributed by atoms with Crippen LogP contribution in [0.2, 0.25) is 0 Å². The van der Waals surface area contributed by atoms with E-state index in [0.717, 1.165) is 13.0 Å². The first-order valence-corrected chi connectivity index (χ1v) is 4.88. The molecule has 0 aliphatic carbocycles. The Hall–Kier alpha value is -1.06. The van der Waals surface area contributed by atoms with E-state index in [0.29, 0.717) is 6.54 Å². The lowest BCUT2D eigenvalue weighted by Crippen LogP contribution is -2.52. The van der Waals surface area contributed by atoms with Crippen LogP contribution in [0.5, 0.6) is 0 Å². The minimum absolute atomic E-state index is 0. The minimum atomic E-state index is 0. The fourth-order valence-corrected chi connectivity index (χ4v) is 1.71. The number of amides is 1. The second-order valence-corrected chi connectivity index (χ2v) is 3.59. The Morgan fingerprint density at radius 2 is 2.00 bits per heavy atom. The monoisotopic (exact) mass is 226 g/mol. The van der Waals surface area contributed by atoms with E-state index in [2.05, 4.69) is 22.8 Å². The van der Waals surface area contributed by atoms with Gasteiger partial charge in [0.15, 0.2) is 0 Å². The summed E-state index contributed by atoms with van der Waals surface area (Å²) in [5.74, 6) is 0.0946. The summed E-state index contributed by atoms with van der Waals surface area (Å²) >= 11 is 0.